The third-order valence-corrected chi connectivity index (χ3v) is 26.7. The highest BCUT2D eigenvalue weighted by Crippen LogP contribution is 2.72. The van der Waals surface area contributed by atoms with E-state index in [1.54, 1.807) is 25.7 Å². The van der Waals surface area contributed by atoms with Gasteiger partial charge in [0.25, 0.3) is 0 Å². The molecule has 3 saturated carbocycles. The van der Waals surface area contributed by atoms with Crippen LogP contribution in [-0.4, -0.2) is 273 Å². The van der Waals surface area contributed by atoms with Gasteiger partial charge in [-0.15, -0.1) is 5.53 Å². The molecular weight excluding hydrogens is 1680 g/mol. The zero-order valence-electron chi connectivity index (χ0n) is 74.5. The van der Waals surface area contributed by atoms with E-state index < -0.39 is 192 Å². The minimum Gasteiger partial charge on any atom is -0.394 e. The van der Waals surface area contributed by atoms with Crippen molar-refractivity contribution in [3.63, 3.8) is 0 Å². The number of allylic oxidation sites excluding steroid dienone is 5. The van der Waals surface area contributed by atoms with Crippen molar-refractivity contribution >= 4 is 75.9 Å². The maximum Gasteiger partial charge on any atom is 0.312 e. The highest BCUT2D eigenvalue weighted by Gasteiger charge is 2.80. The van der Waals surface area contributed by atoms with Crippen molar-refractivity contribution in [3.05, 3.63) is 100 Å². The van der Waals surface area contributed by atoms with Crippen molar-refractivity contribution in [2.45, 2.75) is 248 Å². The summed E-state index contributed by atoms with van der Waals surface area (Å²) in [6, 6.07) is 11.8. The molecule has 2 aromatic carbocycles. The van der Waals surface area contributed by atoms with Crippen molar-refractivity contribution in [1.29, 1.82) is 0 Å². The van der Waals surface area contributed by atoms with Crippen LogP contribution < -0.4 is 70.1 Å². The lowest BCUT2D eigenvalue weighted by Gasteiger charge is -2.63. The predicted molar refractivity (Wildman–Crippen MR) is 464 cm³/mol. The Morgan fingerprint density at radius 3 is 2.14 bits per heavy atom. The minimum atomic E-state index is -2.47. The van der Waals surface area contributed by atoms with Crippen LogP contribution in [-0.2, 0) is 87.6 Å². The van der Waals surface area contributed by atoms with Crippen LogP contribution in [0.25, 0.3) is 11.4 Å². The molecule has 39 heteroatoms. The first-order valence-electron chi connectivity index (χ1n) is 45.3. The van der Waals surface area contributed by atoms with Crippen LogP contribution in [0.4, 0.5) is 19.3 Å². The molecule has 4 heterocycles. The highest BCUT2D eigenvalue weighted by atomic mass is 19.1. The van der Waals surface area contributed by atoms with Gasteiger partial charge in [-0.2, -0.15) is 0 Å². The first-order chi connectivity index (χ1) is 61.9. The summed E-state index contributed by atoms with van der Waals surface area (Å²) in [5, 5.41) is 75.3. The van der Waals surface area contributed by atoms with E-state index in [1.165, 1.54) is 24.1 Å². The smallest absolute Gasteiger partial charge is 0.312 e. The number of halogens is 2. The number of amides is 8. The molecule has 4 aliphatic heterocycles. The second kappa shape index (κ2) is 46.4. The molecule has 2 unspecified atom stereocenters. The number of Topliss-reactive ketones (excluding diaryl/α,β-unsaturated/α-hetero) is 2. The Morgan fingerprint density at radius 1 is 0.736 bits per heavy atom. The van der Waals surface area contributed by atoms with E-state index in [0.717, 1.165) is 47.7 Å². The standard InChI is InChI=1S/C90H132F2N14O23/c1-7-18-75-128-70-46-58-59-45-61(91)60-44-55(108)29-31-87(60,4)89(59,92)68(110)47-88(58,5)90(70,129-75)69(111)48-99-83(119)53(20-17-33-98-86(93)121)43-65(109)76(52(2)3)101-84(120)62(23-15-16-32-96-73(114)51-126-66-26-10-8-9-25-64-79(66)103-104-106(64)85-82(118)81(117)80(116)67(50-107)127-85)100-72(113)30-35-122-37-39-124-41-42-125-40-38-123-36-34-97-71(112)27-28-74(115)105-49-54-19-11-12-21-56(54)77(95-6)78(102-94)57-22-13-14-24-63(57)105/h11-14,19,21-22,24,29,31,44,52-53,58-59,61-62,66-68,70,75-76,80-82,85,95,102-104,107,110,116-118H,7-10,15-18,20,23,25-28,30,32-43,45-51,94H2,1-6H3,(H,96,114)(H,97,112)(H,99,119)(H,100,113)(H,101,120)(H3,93,98,121)/b78-77-/t53-,58+,59+,61+,62-,66?,67-,68+,70-,75?,76+,80+,81+,82-,85-,87+,88+,89+,90-/m1/s1. The number of urea groups is 1. The number of hydrogen-bond acceptors (Lipinski definition) is 29. The number of ether oxygens (including phenoxy) is 8. The molecule has 0 radical (unpaired) electrons. The number of nitrogens with two attached hydrogens (primary N) is 2. The third kappa shape index (κ3) is 23.2. The molecule has 5 fully saturated rings. The normalized spacial score (nSPS) is 29.3. The minimum absolute atomic E-state index is 0.00385. The van der Waals surface area contributed by atoms with Crippen LogP contribution in [0.3, 0.4) is 0 Å². The quantitative estimate of drug-likeness (QED) is 0.0256. The van der Waals surface area contributed by atoms with Gasteiger partial charge in [0.1, 0.15) is 49.3 Å². The second-order valence-electron chi connectivity index (χ2n) is 35.4. The molecule has 9 aliphatic rings. The number of primary amides is 1. The summed E-state index contributed by atoms with van der Waals surface area (Å²) in [6.45, 7) is 8.64. The Morgan fingerprint density at radius 2 is 1.43 bits per heavy atom. The number of para-hydroxylation sites is 1. The first-order valence-corrected chi connectivity index (χ1v) is 45.3. The Kier molecular flexibility index (Phi) is 36.1. The van der Waals surface area contributed by atoms with Gasteiger partial charge in [0.05, 0.1) is 119 Å². The van der Waals surface area contributed by atoms with Crippen LogP contribution in [0.2, 0.25) is 0 Å². The number of unbranched alkanes of at least 4 members (excludes halogenated alkanes) is 1. The average molecular weight is 1820 g/mol. The number of nitrogens with one attached hydrogen (secondary N) is 10. The number of anilines is 1. The predicted octanol–water partition coefficient (Wildman–Crippen LogP) is 1.91. The van der Waals surface area contributed by atoms with Crippen LogP contribution >= 0.6 is 0 Å². The van der Waals surface area contributed by atoms with E-state index in [2.05, 4.69) is 53.6 Å². The fraction of sp³-hybridized carbons (Fsp3) is 0.667. The van der Waals surface area contributed by atoms with E-state index in [1.807, 2.05) is 62.5 Å². The molecule has 19 atom stereocenters. The summed E-state index contributed by atoms with van der Waals surface area (Å²) in [6.07, 6.45) is -6.10. The summed E-state index contributed by atoms with van der Waals surface area (Å²) >= 11 is 0. The molecule has 0 bridgehead atoms. The summed E-state index contributed by atoms with van der Waals surface area (Å²) < 4.78 is 82.8. The molecule has 19 N–H and O–H groups in total. The van der Waals surface area contributed by atoms with Gasteiger partial charge >= 0.3 is 6.03 Å². The maximum atomic E-state index is 18.3. The molecule has 37 nitrogen and oxygen atoms in total. The van der Waals surface area contributed by atoms with Gasteiger partial charge in [0.15, 0.2) is 41.1 Å². The van der Waals surface area contributed by atoms with E-state index in [0.29, 0.717) is 54.9 Å². The lowest BCUT2D eigenvalue weighted by molar-refractivity contribution is -0.266. The van der Waals surface area contributed by atoms with Crippen molar-refractivity contribution < 1.29 is 120 Å². The number of fused-ring (bicyclic) bond motifs is 9. The zero-order valence-corrected chi connectivity index (χ0v) is 74.5. The Bertz CT molecular complexity index is 4390. The topological polar surface area (TPSA) is 525 Å². The largest absolute Gasteiger partial charge is 0.394 e. The van der Waals surface area contributed by atoms with Crippen molar-refractivity contribution in [3.8, 4) is 0 Å². The van der Waals surface area contributed by atoms with Crippen LogP contribution in [0.1, 0.15) is 173 Å². The molecule has 2 aromatic rings. The van der Waals surface area contributed by atoms with Crippen LogP contribution in [0.5, 0.6) is 0 Å². The highest BCUT2D eigenvalue weighted by molar-refractivity contribution is 6.03. The molecule has 5 aliphatic carbocycles. The molecule has 11 rings (SSSR count). The second-order valence-corrected chi connectivity index (χ2v) is 35.4. The molecule has 2 saturated heterocycles. The fourth-order valence-electron chi connectivity index (χ4n) is 20.1. The molecule has 0 spiro atoms. The van der Waals surface area contributed by atoms with Crippen LogP contribution in [0.15, 0.2) is 83.7 Å². The number of ketones is 3. The monoisotopic (exact) mass is 1810 g/mol. The summed E-state index contributed by atoms with van der Waals surface area (Å²) in [5.74, 6) is -2.52. The number of carbonyl (C=O) groups excluding carboxylic acids is 10. The van der Waals surface area contributed by atoms with Gasteiger partial charge < -0.3 is 122 Å². The van der Waals surface area contributed by atoms with Gasteiger partial charge in [-0.05, 0) is 125 Å². The van der Waals surface area contributed by atoms with Gasteiger partial charge in [-0.25, -0.2) is 13.6 Å². The zero-order chi connectivity index (χ0) is 92.9. The molecule has 8 amide bonds. The molecular formula is C90H132F2N14O23. The van der Waals surface area contributed by atoms with E-state index >= 15 is 13.6 Å². The SMILES string of the molecule is CCCC1O[C@@H]2C[C@H]3[C@@H]4C[C@H](F)C5=CC(=O)C=C[C@]5(C)[C@@]4(F)[C@@H](O)C[C@]3(C)[C@]2(C(=O)CNC(=O)[C@H](CCCNC(N)=O)CC(=O)[C@@H](NC(=O)[C@@H](CCCCNC(=O)COC2CCCCCC3=C2NNN3[C@@H]2O[C@H](CO)[C@H](O)[C@H](O)[C@H]2O)NC(=O)CCOCCOCCOCCOCCNC(=O)CCC(=O)N2Cc3ccccc3/C(NC)=C(/NN)c3ccccc32)C(C)C)O1. The number of alkyl halides is 2. The van der Waals surface area contributed by atoms with Crippen LogP contribution in [0, 0.1) is 34.5 Å². The third-order valence-electron chi connectivity index (χ3n) is 26.7. The van der Waals surface area contributed by atoms with Crippen molar-refractivity contribution in [1.82, 2.24) is 58.6 Å². The van der Waals surface area contributed by atoms with Gasteiger partial charge in [0, 0.05) is 86.2 Å². The Labute approximate surface area is 750 Å². The number of hydrogen-bond donors (Lipinski definition) is 17. The van der Waals surface area contributed by atoms with E-state index in [4.69, 9.17) is 49.5 Å². The lowest BCUT2D eigenvalue weighted by atomic mass is 9.44. The van der Waals surface area contributed by atoms with Gasteiger partial charge in [-0.3, -0.25) is 54.0 Å². The van der Waals surface area contributed by atoms with E-state index in [9.17, 15) is 68.7 Å². The summed E-state index contributed by atoms with van der Waals surface area (Å²) in [5.41, 5.74) is 12.5. The number of carbonyl (C=O) groups is 10. The summed E-state index contributed by atoms with van der Waals surface area (Å²) in [4.78, 5) is 140. The molecule has 0 aromatic heterocycles. The van der Waals surface area contributed by atoms with Crippen molar-refractivity contribution in [2.24, 2.45) is 46.1 Å². The van der Waals surface area contributed by atoms with E-state index in [-0.39, 0.29) is 161 Å². The maximum absolute atomic E-state index is 18.3. The lowest BCUT2D eigenvalue weighted by Crippen LogP contribution is -2.71. The Balaban J connectivity index is 0.658. The fourth-order valence-corrected chi connectivity index (χ4v) is 20.1. The van der Waals surface area contributed by atoms with Crippen molar-refractivity contribution in [2.75, 3.05) is 104 Å². The molecule has 129 heavy (non-hydrogen) atoms. The van der Waals surface area contributed by atoms with Gasteiger partial charge in [-0.1, -0.05) is 95.5 Å². The average Bonchev–Trinajstić information content (AvgIpc) is 1.30. The molecule has 714 valence electrons. The van der Waals surface area contributed by atoms with Gasteiger partial charge in [0.2, 0.25) is 35.4 Å². The number of aliphatic hydroxyl groups excluding tert-OH is 5. The summed E-state index contributed by atoms with van der Waals surface area (Å²) in [7, 11) is 1.81. The first kappa shape index (κ1) is 101. The number of hydrazine groups is 3. The number of aliphatic hydroxyl groups is 5. The number of rotatable bonds is 47. The number of nitrogens with zero attached hydrogens (tertiary/aromatic N) is 2. The number of benzene rings is 2. The Hall–Kier alpha value is -9.04.